The Morgan fingerprint density at radius 1 is 1.04 bits per heavy atom. The molecule has 5 nitrogen and oxygen atoms in total. The van der Waals surface area contributed by atoms with E-state index in [4.69, 9.17) is 11.6 Å². The maximum atomic E-state index is 13.4. The highest BCUT2D eigenvalue weighted by molar-refractivity contribution is 7.11. The Morgan fingerprint density at radius 2 is 1.78 bits per heavy atom. The van der Waals surface area contributed by atoms with Crippen molar-refractivity contribution < 1.29 is 9.59 Å². The monoisotopic (exact) mass is 401 g/mol. The highest BCUT2D eigenvalue weighted by Crippen LogP contribution is 2.38. The number of piperazine rings is 1. The molecular formula is C20H20ClN3O2S. The first-order valence-corrected chi connectivity index (χ1v) is 10.1. The van der Waals surface area contributed by atoms with Gasteiger partial charge >= 0.3 is 0 Å². The van der Waals surface area contributed by atoms with Crippen LogP contribution in [0.25, 0.3) is 5.57 Å². The van der Waals surface area contributed by atoms with Crippen LogP contribution in [0.3, 0.4) is 0 Å². The van der Waals surface area contributed by atoms with E-state index in [1.165, 1.54) is 16.2 Å². The molecule has 0 bridgehead atoms. The molecule has 7 heteroatoms. The zero-order valence-electron chi connectivity index (χ0n) is 15.2. The molecule has 27 heavy (non-hydrogen) atoms. The van der Waals surface area contributed by atoms with E-state index in [2.05, 4.69) is 16.8 Å². The van der Waals surface area contributed by atoms with Crippen LogP contribution < -0.4 is 4.90 Å². The molecule has 2 amide bonds. The Balaban J connectivity index is 1.81. The summed E-state index contributed by atoms with van der Waals surface area (Å²) in [5, 5.41) is 2.43. The highest BCUT2D eigenvalue weighted by Gasteiger charge is 2.43. The molecule has 1 saturated heterocycles. The van der Waals surface area contributed by atoms with Crippen LogP contribution in [0.1, 0.15) is 10.4 Å². The molecule has 1 aromatic heterocycles. The highest BCUT2D eigenvalue weighted by atomic mass is 35.5. The lowest BCUT2D eigenvalue weighted by Crippen LogP contribution is -2.46. The third kappa shape index (κ3) is 3.18. The van der Waals surface area contributed by atoms with Crippen LogP contribution in [0.2, 0.25) is 5.02 Å². The number of amides is 2. The maximum absolute atomic E-state index is 13.4. The minimum absolute atomic E-state index is 0.265. The van der Waals surface area contributed by atoms with Gasteiger partial charge in [0.15, 0.2) is 0 Å². The summed E-state index contributed by atoms with van der Waals surface area (Å²) in [5.74, 6) is -0.542. The summed E-state index contributed by atoms with van der Waals surface area (Å²) in [6, 6.07) is 9.08. The minimum Gasteiger partial charge on any atom is -0.364 e. The van der Waals surface area contributed by atoms with Crippen LogP contribution >= 0.6 is 22.9 Å². The first-order valence-electron chi connectivity index (χ1n) is 8.84. The van der Waals surface area contributed by atoms with Crippen molar-refractivity contribution in [3.8, 4) is 0 Å². The van der Waals surface area contributed by atoms with E-state index in [1.807, 2.05) is 30.5 Å². The number of carbonyl (C=O) groups is 2. The van der Waals surface area contributed by atoms with Crippen LogP contribution in [-0.4, -0.2) is 54.8 Å². The van der Waals surface area contributed by atoms with Crippen molar-refractivity contribution >= 4 is 46.0 Å². The van der Waals surface area contributed by atoms with E-state index in [0.29, 0.717) is 22.0 Å². The number of hydrogen-bond donors (Lipinski definition) is 0. The average Bonchev–Trinajstić information content (AvgIpc) is 3.25. The van der Waals surface area contributed by atoms with Crippen LogP contribution in [-0.2, 0) is 9.59 Å². The Bertz CT molecular complexity index is 931. The zero-order valence-corrected chi connectivity index (χ0v) is 16.8. The fraction of sp³-hybridized carbons (Fsp3) is 0.300. The lowest BCUT2D eigenvalue weighted by Gasteiger charge is -2.34. The van der Waals surface area contributed by atoms with E-state index in [9.17, 15) is 9.59 Å². The van der Waals surface area contributed by atoms with Crippen molar-refractivity contribution in [3.63, 3.8) is 0 Å². The fourth-order valence-electron chi connectivity index (χ4n) is 3.53. The molecule has 0 atom stereocenters. The Labute approximate surface area is 167 Å². The first-order chi connectivity index (χ1) is 13.0. The second kappa shape index (κ2) is 7.11. The number of benzene rings is 1. The predicted octanol–water partition coefficient (Wildman–Crippen LogP) is 3.24. The third-order valence-corrected chi connectivity index (χ3v) is 6.18. The summed E-state index contributed by atoms with van der Waals surface area (Å²) in [4.78, 5) is 33.2. The Morgan fingerprint density at radius 3 is 2.44 bits per heavy atom. The van der Waals surface area contributed by atoms with Gasteiger partial charge in [-0.3, -0.25) is 9.59 Å². The molecule has 2 aromatic rings. The molecule has 4 rings (SSSR count). The van der Waals surface area contributed by atoms with Gasteiger partial charge in [-0.05, 0) is 43.1 Å². The number of likely N-dealkylation sites (N-methyl/N-ethyl adjacent to an activating group) is 1. The van der Waals surface area contributed by atoms with Gasteiger partial charge in [-0.25, -0.2) is 4.90 Å². The van der Waals surface area contributed by atoms with Gasteiger partial charge in [0.05, 0.1) is 11.3 Å². The van der Waals surface area contributed by atoms with Gasteiger partial charge in [-0.1, -0.05) is 23.7 Å². The Kier molecular flexibility index (Phi) is 4.80. The SMILES string of the molecule is Cc1ccc(Cl)cc1N1C(=O)C(c2cccs2)=C(N2CCN(C)CC2)C1=O. The van der Waals surface area contributed by atoms with E-state index >= 15 is 0 Å². The molecular weight excluding hydrogens is 382 g/mol. The van der Waals surface area contributed by atoms with Crippen molar-refractivity contribution in [1.82, 2.24) is 9.80 Å². The van der Waals surface area contributed by atoms with Crippen LogP contribution in [0.4, 0.5) is 5.69 Å². The molecule has 140 valence electrons. The normalized spacial score (nSPS) is 18.8. The molecule has 1 aromatic carbocycles. The van der Waals surface area contributed by atoms with Crippen molar-refractivity contribution in [1.29, 1.82) is 0 Å². The molecule has 0 unspecified atom stereocenters. The lowest BCUT2D eigenvalue weighted by atomic mass is 10.1. The molecule has 0 aliphatic carbocycles. The van der Waals surface area contributed by atoms with Gasteiger partial charge in [0, 0.05) is 36.1 Å². The fourth-order valence-corrected chi connectivity index (χ4v) is 4.46. The van der Waals surface area contributed by atoms with Crippen molar-refractivity contribution in [2.75, 3.05) is 38.1 Å². The molecule has 2 aliphatic heterocycles. The minimum atomic E-state index is -0.276. The Hall–Kier alpha value is -2.15. The summed E-state index contributed by atoms with van der Waals surface area (Å²) >= 11 is 7.63. The standard InChI is InChI=1S/C20H20ClN3O2S/c1-13-5-6-14(21)12-15(13)24-19(25)17(16-4-3-11-27-16)18(20(24)26)23-9-7-22(2)8-10-23/h3-6,11-12H,7-10H2,1-2H3. The van der Waals surface area contributed by atoms with E-state index in [1.54, 1.807) is 12.1 Å². The third-order valence-electron chi connectivity index (χ3n) is 5.06. The number of carbonyl (C=O) groups excluding carboxylic acids is 2. The summed E-state index contributed by atoms with van der Waals surface area (Å²) in [5.41, 5.74) is 2.40. The summed E-state index contributed by atoms with van der Waals surface area (Å²) < 4.78 is 0. The van der Waals surface area contributed by atoms with Gasteiger partial charge < -0.3 is 9.80 Å². The maximum Gasteiger partial charge on any atom is 0.282 e. The predicted molar refractivity (Wildman–Crippen MR) is 109 cm³/mol. The topological polar surface area (TPSA) is 43.9 Å². The number of aryl methyl sites for hydroxylation is 1. The van der Waals surface area contributed by atoms with Crippen LogP contribution in [0.5, 0.6) is 0 Å². The van der Waals surface area contributed by atoms with Gasteiger partial charge in [0.25, 0.3) is 11.8 Å². The number of anilines is 1. The number of rotatable bonds is 3. The molecule has 0 spiro atoms. The quantitative estimate of drug-likeness (QED) is 0.740. The van der Waals surface area contributed by atoms with Crippen molar-refractivity contribution in [3.05, 3.63) is 56.9 Å². The summed E-state index contributed by atoms with van der Waals surface area (Å²) in [6.07, 6.45) is 0. The average molecular weight is 402 g/mol. The first kappa shape index (κ1) is 18.2. The smallest absolute Gasteiger partial charge is 0.282 e. The molecule has 0 saturated carbocycles. The van der Waals surface area contributed by atoms with E-state index < -0.39 is 0 Å². The van der Waals surface area contributed by atoms with Crippen LogP contribution in [0, 0.1) is 6.92 Å². The summed E-state index contributed by atoms with van der Waals surface area (Å²) in [6.45, 7) is 5.05. The number of halogens is 1. The summed E-state index contributed by atoms with van der Waals surface area (Å²) in [7, 11) is 2.06. The van der Waals surface area contributed by atoms with Crippen molar-refractivity contribution in [2.24, 2.45) is 0 Å². The molecule has 0 radical (unpaired) electrons. The van der Waals surface area contributed by atoms with E-state index in [0.717, 1.165) is 36.6 Å². The van der Waals surface area contributed by atoms with Gasteiger partial charge in [-0.15, -0.1) is 11.3 Å². The lowest BCUT2D eigenvalue weighted by molar-refractivity contribution is -0.120. The number of imide groups is 1. The van der Waals surface area contributed by atoms with Gasteiger partial charge in [0.1, 0.15) is 5.70 Å². The second-order valence-electron chi connectivity index (χ2n) is 6.87. The molecule has 0 N–H and O–H groups in total. The van der Waals surface area contributed by atoms with Crippen LogP contribution in [0.15, 0.2) is 41.4 Å². The second-order valence-corrected chi connectivity index (χ2v) is 8.25. The number of thiophene rings is 1. The largest absolute Gasteiger partial charge is 0.364 e. The molecule has 1 fully saturated rings. The number of nitrogens with zero attached hydrogens (tertiary/aromatic N) is 3. The molecule has 3 heterocycles. The molecule has 2 aliphatic rings. The number of hydrogen-bond acceptors (Lipinski definition) is 5. The van der Waals surface area contributed by atoms with Gasteiger partial charge in [0.2, 0.25) is 0 Å². The van der Waals surface area contributed by atoms with Gasteiger partial charge in [-0.2, -0.15) is 0 Å². The van der Waals surface area contributed by atoms with E-state index in [-0.39, 0.29) is 11.8 Å². The zero-order chi connectivity index (χ0) is 19.1. The van der Waals surface area contributed by atoms with Crippen molar-refractivity contribution in [2.45, 2.75) is 6.92 Å².